The zero-order valence-corrected chi connectivity index (χ0v) is 93.4. The molecule has 0 aromatic heterocycles. The van der Waals surface area contributed by atoms with Crippen molar-refractivity contribution >= 4 is 18.0 Å². The Kier molecular flexibility index (Phi) is 34.0. The van der Waals surface area contributed by atoms with Gasteiger partial charge in [0.1, 0.15) is 78.3 Å². The summed E-state index contributed by atoms with van der Waals surface area (Å²) in [6, 6.07) is 39.3. The van der Waals surface area contributed by atoms with Gasteiger partial charge in [0.2, 0.25) is 6.29 Å². The molecule has 19 rings (SSSR count). The van der Waals surface area contributed by atoms with Crippen molar-refractivity contribution in [1.29, 1.82) is 0 Å². The summed E-state index contributed by atoms with van der Waals surface area (Å²) in [6.45, 7) is 51.2. The predicted octanol–water partition coefficient (Wildman–Crippen LogP) is 18.9. The van der Waals surface area contributed by atoms with Crippen LogP contribution in [-0.2, 0) is 159 Å². The lowest BCUT2D eigenvalue weighted by Crippen LogP contribution is -2.69. The van der Waals surface area contributed by atoms with E-state index in [0.717, 1.165) is 60.8 Å². The number of aldehydes is 1. The molecule has 14 fully saturated rings. The maximum Gasteiger partial charge on any atom is 0.317 e. The molecule has 20 unspecified atom stereocenters. The van der Waals surface area contributed by atoms with E-state index in [-0.39, 0.29) is 103 Å². The molecule has 2 N–H and O–H groups in total. The fourth-order valence-electron chi connectivity index (χ4n) is 29.8. The lowest BCUT2D eigenvalue weighted by atomic mass is 9.33. The van der Waals surface area contributed by atoms with Gasteiger partial charge in [-0.25, -0.2) is 0 Å². The summed E-state index contributed by atoms with van der Waals surface area (Å²) in [6.07, 6.45) is -9.20. The van der Waals surface area contributed by atoms with Crippen molar-refractivity contribution in [2.75, 3.05) is 46.8 Å². The number of ketones is 1. The van der Waals surface area contributed by atoms with Crippen LogP contribution in [0.3, 0.4) is 0 Å². The molecule has 10 heterocycles. The first-order valence-electron chi connectivity index (χ1n) is 56.6. The molecule has 0 bridgehead atoms. The first kappa shape index (κ1) is 113. The number of Topliss-reactive ketones (excluding diaryl/α,β-unsaturated/α-hetero) is 1. The Hall–Kier alpha value is -5.57. The topological polar surface area (TPSA) is 308 Å². The average Bonchev–Trinajstić information content (AvgIpc) is 0.828. The molecule has 0 spiro atoms. The maximum absolute atomic E-state index is 17.1. The van der Waals surface area contributed by atoms with E-state index in [1.807, 2.05) is 184 Å². The Labute approximate surface area is 890 Å². The number of nitrogens with two attached hydrogens (primary N) is 1. The minimum absolute atomic E-state index is 0.00325. The number of esters is 1. The van der Waals surface area contributed by atoms with Gasteiger partial charge in [-0.3, -0.25) is 9.59 Å². The number of fused-ring (bicyclic) bond motifs is 9. The largest absolute Gasteiger partial charge is 0.432 e. The van der Waals surface area contributed by atoms with E-state index in [1.165, 1.54) is 11.9 Å². The molecule has 45 atom stereocenters. The molecule has 4 saturated carbocycles. The monoisotopic (exact) mass is 2090 g/mol. The Morgan fingerprint density at radius 3 is 1.63 bits per heavy atom. The molecule has 0 radical (unpaired) electrons. The second kappa shape index (κ2) is 45.3. The van der Waals surface area contributed by atoms with E-state index in [9.17, 15) is 9.59 Å². The zero-order chi connectivity index (χ0) is 106. The molecule has 150 heavy (non-hydrogen) atoms. The second-order valence-corrected chi connectivity index (χ2v) is 50.5. The van der Waals surface area contributed by atoms with E-state index in [4.69, 9.17) is 124 Å². The van der Waals surface area contributed by atoms with Crippen molar-refractivity contribution < 1.29 is 133 Å². The third-order valence-corrected chi connectivity index (χ3v) is 39.6. The molecular formula is C121H175NO28. The highest BCUT2D eigenvalue weighted by molar-refractivity contribution is 5.81. The van der Waals surface area contributed by atoms with Crippen LogP contribution in [0.5, 0.6) is 0 Å². The Bertz CT molecular complexity index is 5180. The Morgan fingerprint density at radius 1 is 0.467 bits per heavy atom. The second-order valence-electron chi connectivity index (χ2n) is 50.5. The van der Waals surface area contributed by atoms with Gasteiger partial charge < -0.3 is 129 Å². The molecule has 832 valence electrons. The number of methoxy groups -OCH3 is 1. The van der Waals surface area contributed by atoms with Gasteiger partial charge >= 0.3 is 5.97 Å². The van der Waals surface area contributed by atoms with Crippen molar-refractivity contribution in [3.63, 3.8) is 0 Å². The third kappa shape index (κ3) is 21.8. The van der Waals surface area contributed by atoms with E-state index in [0.29, 0.717) is 69.9 Å². The highest BCUT2D eigenvalue weighted by atomic mass is 16.8. The van der Waals surface area contributed by atoms with Crippen LogP contribution < -0.4 is 5.73 Å². The number of allylic oxidation sites excluding steroid dienone is 2. The maximum atomic E-state index is 17.1. The molecule has 29 nitrogen and oxygen atoms in total. The standard InChI is InChI=1S/C121H175NO28/c1-25-85-70(5)69(4)72(7)107(136-85)145-101-97(142-104-71(6)68(3)67(2)56-131-104)74(9)94(77(12)124)139-109(101)138-91-49-50-116(20)89(117(91,21)64-123)48-51-118(22)90(116)47-46-83-84-54-113(14,15)52-53-121(84,92(126-24)55-119(83,118)23)112(125)146-108-98(73(8)93(122)86(137-108)61-127-57-79-38-30-26-31-39-79)143-110-102-100(147-114(16,17)148-102)99(78(13)135-110)144-106-75(10)95(87(62-133-106)129-59-81-42-34-28-35-43-81)140-105-76(11)96(88(63-132-105)130-60-82-44-36-29-37-45-82)141-111-103-120(66-134-111,150-115(18,19)149-103)65-128-58-80-40-32-27-33-41-80/h26-46,64,67-76,78,84-111H,25,47-63,65-66,122H2,1-24H3/t67-,68-,69-,70+,71?,72?,73?,74-,75?,76?,78?,84?,85?,86?,87-,88-,89+,90?,91-,92?,93+,94?,95?,96?,97-,98?,99-,100?,101?,102?,103?,104-,105-,106-,107-,108-,109+,110-,111+,116?,117+,118-,119+,120-,121+/m0/s1. The minimum Gasteiger partial charge on any atom is -0.432 e. The number of rotatable bonds is 34. The van der Waals surface area contributed by atoms with Crippen LogP contribution >= 0.6 is 0 Å². The summed E-state index contributed by atoms with van der Waals surface area (Å²) in [5, 5.41) is 0. The van der Waals surface area contributed by atoms with E-state index in [2.05, 4.69) is 96.1 Å². The van der Waals surface area contributed by atoms with Gasteiger partial charge in [0.05, 0.1) is 114 Å². The lowest BCUT2D eigenvalue weighted by molar-refractivity contribution is -0.374. The number of benzene rings is 4. The number of ether oxygens (including phenoxy) is 25. The summed E-state index contributed by atoms with van der Waals surface area (Å²) >= 11 is 0. The number of hydrogen-bond acceptors (Lipinski definition) is 29. The van der Waals surface area contributed by atoms with Crippen molar-refractivity contribution in [3.8, 4) is 0 Å². The zero-order valence-electron chi connectivity index (χ0n) is 93.4. The fraction of sp³-hybridized carbons (Fsp3) is 0.760. The average molecular weight is 2090 g/mol. The van der Waals surface area contributed by atoms with Crippen molar-refractivity contribution in [2.24, 2.45) is 115 Å². The van der Waals surface area contributed by atoms with E-state index < -0.39 is 217 Å². The van der Waals surface area contributed by atoms with Crippen LogP contribution in [0.15, 0.2) is 133 Å². The molecule has 0 amide bonds. The lowest BCUT2D eigenvalue weighted by Gasteiger charge is -2.71. The highest BCUT2D eigenvalue weighted by Gasteiger charge is 2.74. The van der Waals surface area contributed by atoms with E-state index >= 15 is 4.79 Å². The molecule has 4 aromatic rings. The third-order valence-electron chi connectivity index (χ3n) is 39.6. The highest BCUT2D eigenvalue weighted by Crippen LogP contribution is 2.77. The fourth-order valence-corrected chi connectivity index (χ4v) is 29.8. The SMILES string of the molecule is CCC1O[C@@H](OC2[C@H](O[C@H]3CCC4(C)C5CC=C6C7CC(C)(C)CC[C@]7(C(=O)O[C@@H]7OC(COCc8ccccc8)[C@H](N)C(C)C7O[C@@H]7OC(C)[C@H](O[C@@H]8OC[C@H](OCc9ccccc9)C(O[C@@H]9OC[C@H](OCc%10ccccc%10)C(O[C@H]%10OC[C@]%11(COCc%12ccccc%12)OC(C)(C)OC%10%11)C9C)C8C)C8OC(C)(C)OC87)C(OC)C[C@@]6(C)[C@@]5(C)CC[C@H]4[C@@]3(C)C=O)OC(C(C)=O)[C@H](C)[C@@H]2O[C@@H]2OC[C@H](C)[C@H](C)C2C)C(C)[C@@H](C)[C@H]1C. The van der Waals surface area contributed by atoms with Crippen molar-refractivity contribution in [2.45, 2.75) is 427 Å². The van der Waals surface area contributed by atoms with Crippen LogP contribution in [0.1, 0.15) is 246 Å². The number of carbonyl (C=O) groups excluding carboxylic acids is 3. The molecule has 10 saturated heterocycles. The van der Waals surface area contributed by atoms with Gasteiger partial charge in [-0.1, -0.05) is 251 Å². The number of hydrogen-bond donors (Lipinski definition) is 1. The van der Waals surface area contributed by atoms with Crippen molar-refractivity contribution in [3.05, 3.63) is 155 Å². The molecule has 29 heteroatoms. The van der Waals surface area contributed by atoms with Gasteiger partial charge in [-0.05, 0) is 191 Å². The van der Waals surface area contributed by atoms with E-state index in [1.54, 1.807) is 14.0 Å². The normalized spacial score (nSPS) is 46.0. The Balaban J connectivity index is 0.579. The van der Waals surface area contributed by atoms with Gasteiger partial charge in [-0.15, -0.1) is 0 Å². The number of carbonyl (C=O) groups is 3. The summed E-state index contributed by atoms with van der Waals surface area (Å²) < 4.78 is 176. The molecule has 15 aliphatic rings. The quantitative estimate of drug-likeness (QED) is 0.0197. The minimum atomic E-state index is -1.36. The first-order valence-corrected chi connectivity index (χ1v) is 56.6. The first-order chi connectivity index (χ1) is 71.5. The smallest absolute Gasteiger partial charge is 0.317 e. The van der Waals surface area contributed by atoms with Crippen molar-refractivity contribution in [1.82, 2.24) is 0 Å². The van der Waals surface area contributed by atoms with Crippen LogP contribution in [0.2, 0.25) is 0 Å². The summed E-state index contributed by atoms with van der Waals surface area (Å²) in [7, 11) is 1.76. The summed E-state index contributed by atoms with van der Waals surface area (Å²) in [5.74, 6) is -3.89. The predicted molar refractivity (Wildman–Crippen MR) is 555 cm³/mol. The van der Waals surface area contributed by atoms with Gasteiger partial charge in [0.15, 0.2) is 61.4 Å². The van der Waals surface area contributed by atoms with Gasteiger partial charge in [0, 0.05) is 48.7 Å². The summed E-state index contributed by atoms with van der Waals surface area (Å²) in [4.78, 5) is 46.2. The Morgan fingerprint density at radius 2 is 1.02 bits per heavy atom. The van der Waals surface area contributed by atoms with Crippen LogP contribution in [0.4, 0.5) is 0 Å². The molecule has 10 aliphatic heterocycles. The van der Waals surface area contributed by atoms with Gasteiger partial charge in [0.25, 0.3) is 0 Å². The van der Waals surface area contributed by atoms with Gasteiger partial charge in [-0.2, -0.15) is 0 Å². The molecular weight excluding hydrogens is 1920 g/mol. The molecule has 4 aromatic carbocycles. The van der Waals surface area contributed by atoms with Crippen LogP contribution in [0.25, 0.3) is 0 Å². The summed E-state index contributed by atoms with van der Waals surface area (Å²) in [5.41, 5.74) is 8.09. The molecule has 5 aliphatic carbocycles. The van der Waals surface area contributed by atoms with Crippen LogP contribution in [-0.4, -0.2) is 242 Å². The van der Waals surface area contributed by atoms with Crippen LogP contribution in [0, 0.1) is 109 Å².